The molecule has 1 N–H and O–H groups in total. The Labute approximate surface area is 148 Å². The minimum Gasteiger partial charge on any atom is -0.489 e. The van der Waals surface area contributed by atoms with Crippen molar-refractivity contribution in [1.82, 2.24) is 0 Å². The van der Waals surface area contributed by atoms with E-state index in [0.29, 0.717) is 12.3 Å². The van der Waals surface area contributed by atoms with Crippen LogP contribution in [0.1, 0.15) is 28.8 Å². The number of anilines is 1. The van der Waals surface area contributed by atoms with Crippen molar-refractivity contribution in [3.63, 3.8) is 0 Å². The fourth-order valence-corrected chi connectivity index (χ4v) is 3.00. The molecule has 0 saturated carbocycles. The zero-order valence-electron chi connectivity index (χ0n) is 13.9. The highest BCUT2D eigenvalue weighted by Gasteiger charge is 2.30. The second-order valence-corrected chi connectivity index (χ2v) is 6.20. The smallest absolute Gasteiger partial charge is 0.416 e. The summed E-state index contributed by atoms with van der Waals surface area (Å²) in [6, 6.07) is 11.3. The van der Waals surface area contributed by atoms with Gasteiger partial charge in [-0.2, -0.15) is 13.2 Å². The maximum atomic E-state index is 12.6. The molecule has 26 heavy (non-hydrogen) atoms. The monoisotopic (exact) mass is 365 g/mol. The third-order valence-corrected chi connectivity index (χ3v) is 4.34. The molecule has 0 radical (unpaired) electrons. The number of halogens is 3. The number of carboxylic acids is 1. The van der Waals surface area contributed by atoms with Gasteiger partial charge in [-0.25, -0.2) is 4.79 Å². The summed E-state index contributed by atoms with van der Waals surface area (Å²) in [5.74, 6) is -0.565. The highest BCUT2D eigenvalue weighted by atomic mass is 19.4. The van der Waals surface area contributed by atoms with E-state index in [1.54, 1.807) is 24.3 Å². The lowest BCUT2D eigenvalue weighted by atomic mass is 10.1. The molecule has 3 rings (SSSR count). The Balaban J connectivity index is 1.64. The number of nitrogens with zero attached hydrogens (tertiary/aromatic N) is 1. The first-order valence-electron chi connectivity index (χ1n) is 8.25. The number of hydrogen-bond acceptors (Lipinski definition) is 3. The number of carbonyl (C=O) groups is 1. The molecule has 138 valence electrons. The lowest BCUT2D eigenvalue weighted by Crippen LogP contribution is -2.41. The average Bonchev–Trinajstić information content (AvgIpc) is 2.62. The Hall–Kier alpha value is -2.70. The summed E-state index contributed by atoms with van der Waals surface area (Å²) in [5.41, 5.74) is 0.424. The molecular weight excluding hydrogens is 347 g/mol. The summed E-state index contributed by atoms with van der Waals surface area (Å²) in [7, 11) is 0. The number of carboxylic acid groups (broad SMARTS) is 1. The third-order valence-electron chi connectivity index (χ3n) is 4.34. The Morgan fingerprint density at radius 2 is 1.73 bits per heavy atom. The van der Waals surface area contributed by atoms with E-state index in [4.69, 9.17) is 9.84 Å². The van der Waals surface area contributed by atoms with Crippen molar-refractivity contribution in [1.29, 1.82) is 0 Å². The van der Waals surface area contributed by atoms with Crippen LogP contribution in [0.5, 0.6) is 5.75 Å². The molecular formula is C19H18F3NO3. The molecule has 1 aliphatic rings. The quantitative estimate of drug-likeness (QED) is 0.870. The first-order chi connectivity index (χ1) is 12.3. The maximum absolute atomic E-state index is 12.6. The van der Waals surface area contributed by atoms with Gasteiger partial charge < -0.3 is 14.7 Å². The summed E-state index contributed by atoms with van der Waals surface area (Å²) < 4.78 is 43.7. The van der Waals surface area contributed by atoms with Crippen LogP contribution in [0, 0.1) is 0 Å². The Morgan fingerprint density at radius 1 is 1.08 bits per heavy atom. The Morgan fingerprint density at radius 3 is 2.31 bits per heavy atom. The van der Waals surface area contributed by atoms with Gasteiger partial charge in [0, 0.05) is 12.2 Å². The summed E-state index contributed by atoms with van der Waals surface area (Å²) >= 11 is 0. The van der Waals surface area contributed by atoms with Gasteiger partial charge in [0.2, 0.25) is 0 Å². The van der Waals surface area contributed by atoms with E-state index in [9.17, 15) is 18.0 Å². The fraction of sp³-hybridized carbons (Fsp3) is 0.316. The van der Waals surface area contributed by atoms with Gasteiger partial charge in [-0.15, -0.1) is 0 Å². The molecule has 1 fully saturated rings. The molecule has 1 saturated heterocycles. The number of hydrogen-bond donors (Lipinski definition) is 1. The molecule has 0 bridgehead atoms. The molecule has 2 aromatic carbocycles. The number of ether oxygens (including phenoxy) is 1. The number of piperidine rings is 1. The van der Waals surface area contributed by atoms with Crippen molar-refractivity contribution in [2.24, 2.45) is 0 Å². The van der Waals surface area contributed by atoms with Crippen LogP contribution in [0.2, 0.25) is 0 Å². The molecule has 1 heterocycles. The summed E-state index contributed by atoms with van der Waals surface area (Å²) in [5, 5.41) is 8.96. The highest BCUT2D eigenvalue weighted by Crippen LogP contribution is 2.31. The largest absolute Gasteiger partial charge is 0.489 e. The van der Waals surface area contributed by atoms with Gasteiger partial charge in [-0.1, -0.05) is 0 Å². The fourth-order valence-electron chi connectivity index (χ4n) is 3.00. The summed E-state index contributed by atoms with van der Waals surface area (Å²) in [6.07, 6.45) is -2.81. The minimum atomic E-state index is -4.36. The van der Waals surface area contributed by atoms with Crippen molar-refractivity contribution in [3.05, 3.63) is 59.7 Å². The van der Waals surface area contributed by atoms with Crippen molar-refractivity contribution >= 4 is 11.7 Å². The van der Waals surface area contributed by atoms with E-state index in [1.165, 1.54) is 12.1 Å². The van der Waals surface area contributed by atoms with Gasteiger partial charge in [0.25, 0.3) is 0 Å². The van der Waals surface area contributed by atoms with E-state index < -0.39 is 17.7 Å². The van der Waals surface area contributed by atoms with Gasteiger partial charge in [0.1, 0.15) is 11.9 Å². The molecule has 1 aliphatic heterocycles. The molecule has 1 atom stereocenters. The highest BCUT2D eigenvalue weighted by molar-refractivity contribution is 5.88. The summed E-state index contributed by atoms with van der Waals surface area (Å²) in [4.78, 5) is 13.0. The zero-order valence-corrected chi connectivity index (χ0v) is 13.9. The standard InChI is InChI=1S/C19H18F3NO3/c20-19(21,22)14-5-9-16(10-6-14)26-17-2-1-11-23(12-17)15-7-3-13(4-8-15)18(24)25/h3-10,17H,1-2,11-12H2,(H,24,25). The van der Waals surface area contributed by atoms with Gasteiger partial charge in [0.15, 0.2) is 0 Å². The predicted molar refractivity (Wildman–Crippen MR) is 90.7 cm³/mol. The molecule has 0 amide bonds. The molecule has 0 spiro atoms. The molecule has 0 aliphatic carbocycles. The first-order valence-corrected chi connectivity index (χ1v) is 8.25. The maximum Gasteiger partial charge on any atom is 0.416 e. The second kappa shape index (κ2) is 7.27. The average molecular weight is 365 g/mol. The third kappa shape index (κ3) is 4.28. The van der Waals surface area contributed by atoms with Crippen LogP contribution >= 0.6 is 0 Å². The van der Waals surface area contributed by atoms with E-state index in [0.717, 1.165) is 37.2 Å². The first kappa shape index (κ1) is 18.1. The zero-order chi connectivity index (χ0) is 18.7. The number of alkyl halides is 3. The van der Waals surface area contributed by atoms with Gasteiger partial charge in [0.05, 0.1) is 17.7 Å². The van der Waals surface area contributed by atoms with Crippen LogP contribution in [0.3, 0.4) is 0 Å². The number of aromatic carboxylic acids is 1. The van der Waals surface area contributed by atoms with E-state index in [2.05, 4.69) is 4.90 Å². The van der Waals surface area contributed by atoms with E-state index >= 15 is 0 Å². The molecule has 1 unspecified atom stereocenters. The lowest BCUT2D eigenvalue weighted by Gasteiger charge is -2.34. The van der Waals surface area contributed by atoms with Crippen molar-refractivity contribution < 1.29 is 27.8 Å². The topological polar surface area (TPSA) is 49.8 Å². The van der Waals surface area contributed by atoms with E-state index in [1.807, 2.05) is 0 Å². The minimum absolute atomic E-state index is 0.139. The SMILES string of the molecule is O=C(O)c1ccc(N2CCCC(Oc3ccc(C(F)(F)F)cc3)C2)cc1. The van der Waals surface area contributed by atoms with Gasteiger partial charge in [-0.05, 0) is 61.4 Å². The van der Waals surface area contributed by atoms with Crippen LogP contribution in [0.4, 0.5) is 18.9 Å². The molecule has 7 heteroatoms. The van der Waals surface area contributed by atoms with Crippen LogP contribution in [0.15, 0.2) is 48.5 Å². The van der Waals surface area contributed by atoms with Crippen molar-refractivity contribution in [2.45, 2.75) is 25.1 Å². The van der Waals surface area contributed by atoms with E-state index in [-0.39, 0.29) is 11.7 Å². The molecule has 0 aromatic heterocycles. The number of rotatable bonds is 4. The Kier molecular flexibility index (Phi) is 5.06. The van der Waals surface area contributed by atoms with Crippen LogP contribution in [-0.2, 0) is 6.18 Å². The molecule has 4 nitrogen and oxygen atoms in total. The van der Waals surface area contributed by atoms with Crippen LogP contribution in [-0.4, -0.2) is 30.3 Å². The van der Waals surface area contributed by atoms with Crippen molar-refractivity contribution in [3.8, 4) is 5.75 Å². The summed E-state index contributed by atoms with van der Waals surface area (Å²) in [6.45, 7) is 1.41. The Bertz CT molecular complexity index is 757. The number of benzene rings is 2. The van der Waals surface area contributed by atoms with Crippen molar-refractivity contribution in [2.75, 3.05) is 18.0 Å². The van der Waals surface area contributed by atoms with Crippen LogP contribution in [0.25, 0.3) is 0 Å². The van der Waals surface area contributed by atoms with Crippen LogP contribution < -0.4 is 9.64 Å². The van der Waals surface area contributed by atoms with Gasteiger partial charge in [-0.3, -0.25) is 0 Å². The second-order valence-electron chi connectivity index (χ2n) is 6.20. The molecule has 2 aromatic rings. The normalized spacial score (nSPS) is 17.8. The lowest BCUT2D eigenvalue weighted by molar-refractivity contribution is -0.137. The van der Waals surface area contributed by atoms with Gasteiger partial charge >= 0.3 is 12.1 Å². The predicted octanol–water partition coefficient (Wildman–Crippen LogP) is 4.45.